The predicted molar refractivity (Wildman–Crippen MR) is 66.5 cm³/mol. The van der Waals surface area contributed by atoms with Gasteiger partial charge in [0.25, 0.3) is 11.8 Å². The van der Waals surface area contributed by atoms with Gasteiger partial charge in [0, 0.05) is 12.8 Å². The van der Waals surface area contributed by atoms with Gasteiger partial charge in [-0.15, -0.1) is 5.06 Å². The van der Waals surface area contributed by atoms with Gasteiger partial charge >= 0.3 is 5.97 Å². The molecular formula is C14H15NO4. The van der Waals surface area contributed by atoms with Crippen molar-refractivity contribution in [3.8, 4) is 0 Å². The zero-order valence-corrected chi connectivity index (χ0v) is 10.7. The summed E-state index contributed by atoms with van der Waals surface area (Å²) in [6, 6.07) is 9.50. The van der Waals surface area contributed by atoms with E-state index in [4.69, 9.17) is 4.84 Å². The molecule has 5 heteroatoms. The average molecular weight is 261 g/mol. The lowest BCUT2D eigenvalue weighted by molar-refractivity contribution is -0.200. The molecule has 0 radical (unpaired) electrons. The van der Waals surface area contributed by atoms with Crippen LogP contribution in [-0.4, -0.2) is 22.8 Å². The van der Waals surface area contributed by atoms with Crippen molar-refractivity contribution in [3.05, 3.63) is 35.9 Å². The number of amides is 2. The van der Waals surface area contributed by atoms with Crippen LogP contribution in [0.4, 0.5) is 0 Å². The minimum atomic E-state index is -0.563. The Bertz CT molecular complexity index is 481. The topological polar surface area (TPSA) is 63.7 Å². The van der Waals surface area contributed by atoms with E-state index in [1.54, 1.807) is 6.92 Å². The smallest absolute Gasteiger partial charge is 0.330 e. The van der Waals surface area contributed by atoms with Crippen LogP contribution < -0.4 is 0 Å². The Balaban J connectivity index is 1.93. The van der Waals surface area contributed by atoms with Crippen LogP contribution >= 0.6 is 0 Å². The van der Waals surface area contributed by atoms with Gasteiger partial charge in [-0.25, -0.2) is 4.79 Å². The molecule has 1 saturated heterocycles. The molecule has 1 aromatic carbocycles. The first kappa shape index (κ1) is 13.3. The Morgan fingerprint density at radius 1 is 1.21 bits per heavy atom. The Morgan fingerprint density at radius 3 is 2.37 bits per heavy atom. The number of nitrogens with zero attached hydrogens (tertiary/aromatic N) is 1. The van der Waals surface area contributed by atoms with Gasteiger partial charge in [0.1, 0.15) is 0 Å². The molecule has 1 heterocycles. The van der Waals surface area contributed by atoms with E-state index in [1.165, 1.54) is 0 Å². The molecule has 0 unspecified atom stereocenters. The third kappa shape index (κ3) is 3.19. The van der Waals surface area contributed by atoms with Gasteiger partial charge in [-0.3, -0.25) is 9.59 Å². The van der Waals surface area contributed by atoms with Crippen molar-refractivity contribution in [3.63, 3.8) is 0 Å². The number of carbonyl (C=O) groups is 3. The van der Waals surface area contributed by atoms with Gasteiger partial charge in [-0.1, -0.05) is 37.3 Å². The highest BCUT2D eigenvalue weighted by molar-refractivity contribution is 6.01. The van der Waals surface area contributed by atoms with Crippen LogP contribution in [0, 0.1) is 5.92 Å². The van der Waals surface area contributed by atoms with Crippen LogP contribution in [0.15, 0.2) is 30.3 Å². The Morgan fingerprint density at radius 2 is 1.79 bits per heavy atom. The number of carbonyl (C=O) groups excluding carboxylic acids is 3. The van der Waals surface area contributed by atoms with Gasteiger partial charge in [0.05, 0.1) is 5.92 Å². The Labute approximate surface area is 111 Å². The molecule has 100 valence electrons. The SMILES string of the molecule is C[C@@H](Cc1ccccc1)C(=O)ON1C(=O)CCC1=O. The second-order valence-electron chi connectivity index (χ2n) is 4.58. The van der Waals surface area contributed by atoms with Crippen molar-refractivity contribution in [2.24, 2.45) is 5.92 Å². The van der Waals surface area contributed by atoms with E-state index in [0.717, 1.165) is 5.56 Å². The summed E-state index contributed by atoms with van der Waals surface area (Å²) in [7, 11) is 0. The maximum Gasteiger partial charge on any atom is 0.336 e. The van der Waals surface area contributed by atoms with Crippen molar-refractivity contribution in [1.82, 2.24) is 5.06 Å². The van der Waals surface area contributed by atoms with Crippen molar-refractivity contribution < 1.29 is 19.2 Å². The third-order valence-corrected chi connectivity index (χ3v) is 2.97. The molecule has 1 fully saturated rings. The summed E-state index contributed by atoms with van der Waals surface area (Å²) >= 11 is 0. The quantitative estimate of drug-likeness (QED) is 0.770. The number of hydrogen-bond donors (Lipinski definition) is 0. The monoisotopic (exact) mass is 261 g/mol. The van der Waals surface area contributed by atoms with Gasteiger partial charge in [0.2, 0.25) is 0 Å². The molecule has 19 heavy (non-hydrogen) atoms. The summed E-state index contributed by atoms with van der Waals surface area (Å²) in [6.07, 6.45) is 0.730. The predicted octanol–water partition coefficient (Wildman–Crippen LogP) is 1.47. The maximum absolute atomic E-state index is 11.8. The minimum absolute atomic E-state index is 0.110. The zero-order valence-electron chi connectivity index (χ0n) is 10.7. The van der Waals surface area contributed by atoms with Crippen LogP contribution in [0.3, 0.4) is 0 Å². The van der Waals surface area contributed by atoms with Crippen LogP contribution in [0.25, 0.3) is 0 Å². The molecule has 1 aliphatic heterocycles. The lowest BCUT2D eigenvalue weighted by Gasteiger charge is -2.16. The van der Waals surface area contributed by atoms with Gasteiger partial charge in [-0.2, -0.15) is 0 Å². The van der Waals surface area contributed by atoms with Crippen molar-refractivity contribution >= 4 is 17.8 Å². The van der Waals surface area contributed by atoms with Crippen molar-refractivity contribution in [2.75, 3.05) is 0 Å². The second kappa shape index (κ2) is 5.65. The number of benzene rings is 1. The summed E-state index contributed by atoms with van der Waals surface area (Å²) in [4.78, 5) is 39.3. The first-order chi connectivity index (χ1) is 9.08. The van der Waals surface area contributed by atoms with Gasteiger partial charge in [-0.05, 0) is 12.0 Å². The zero-order chi connectivity index (χ0) is 13.8. The molecule has 0 aromatic heterocycles. The molecule has 0 spiro atoms. The van der Waals surface area contributed by atoms with E-state index >= 15 is 0 Å². The average Bonchev–Trinajstić information content (AvgIpc) is 2.71. The first-order valence-corrected chi connectivity index (χ1v) is 6.19. The lowest BCUT2D eigenvalue weighted by atomic mass is 10.0. The summed E-state index contributed by atoms with van der Waals surface area (Å²) in [5.74, 6) is -1.88. The summed E-state index contributed by atoms with van der Waals surface area (Å²) in [5.41, 5.74) is 1.01. The third-order valence-electron chi connectivity index (χ3n) is 2.97. The van der Waals surface area contributed by atoms with Crippen LogP contribution in [0.1, 0.15) is 25.3 Å². The highest BCUT2D eigenvalue weighted by Gasteiger charge is 2.33. The van der Waals surface area contributed by atoms with Gasteiger partial charge < -0.3 is 4.84 Å². The molecule has 0 bridgehead atoms. The van der Waals surface area contributed by atoms with Crippen molar-refractivity contribution in [1.29, 1.82) is 0 Å². The molecule has 0 aliphatic carbocycles. The van der Waals surface area contributed by atoms with E-state index in [0.29, 0.717) is 11.5 Å². The van der Waals surface area contributed by atoms with Crippen LogP contribution in [-0.2, 0) is 25.6 Å². The fourth-order valence-corrected chi connectivity index (χ4v) is 1.89. The Kier molecular flexibility index (Phi) is 3.94. The molecule has 5 nitrogen and oxygen atoms in total. The van der Waals surface area contributed by atoms with E-state index < -0.39 is 23.7 Å². The van der Waals surface area contributed by atoms with E-state index in [9.17, 15) is 14.4 Å². The highest BCUT2D eigenvalue weighted by Crippen LogP contribution is 2.15. The number of imide groups is 1. The molecule has 1 atom stereocenters. The fraction of sp³-hybridized carbons (Fsp3) is 0.357. The lowest BCUT2D eigenvalue weighted by Crippen LogP contribution is -2.34. The summed E-state index contributed by atoms with van der Waals surface area (Å²) < 4.78 is 0. The van der Waals surface area contributed by atoms with E-state index in [1.807, 2.05) is 30.3 Å². The van der Waals surface area contributed by atoms with Crippen LogP contribution in [0.5, 0.6) is 0 Å². The number of rotatable bonds is 4. The molecule has 1 aliphatic rings. The molecular weight excluding hydrogens is 246 g/mol. The van der Waals surface area contributed by atoms with E-state index in [-0.39, 0.29) is 12.8 Å². The van der Waals surface area contributed by atoms with Gasteiger partial charge in [0.15, 0.2) is 0 Å². The number of hydrogen-bond acceptors (Lipinski definition) is 4. The highest BCUT2D eigenvalue weighted by atomic mass is 16.7. The molecule has 2 rings (SSSR count). The molecule has 0 saturated carbocycles. The summed E-state index contributed by atoms with van der Waals surface area (Å²) in [6.45, 7) is 1.71. The molecule has 2 amide bonds. The fourth-order valence-electron chi connectivity index (χ4n) is 1.89. The summed E-state index contributed by atoms with van der Waals surface area (Å²) in [5, 5.41) is 0.587. The normalized spacial score (nSPS) is 16.6. The van der Waals surface area contributed by atoms with E-state index in [2.05, 4.69) is 0 Å². The standard InChI is InChI=1S/C14H15NO4/c1-10(9-11-5-3-2-4-6-11)14(18)19-15-12(16)7-8-13(15)17/h2-6,10H,7-9H2,1H3/t10-/m0/s1. The second-order valence-corrected chi connectivity index (χ2v) is 4.58. The largest absolute Gasteiger partial charge is 0.336 e. The van der Waals surface area contributed by atoms with Crippen molar-refractivity contribution in [2.45, 2.75) is 26.2 Å². The minimum Gasteiger partial charge on any atom is -0.330 e. The molecule has 0 N–H and O–H groups in total. The number of hydroxylamine groups is 2. The maximum atomic E-state index is 11.8. The Hall–Kier alpha value is -2.17. The molecule has 1 aromatic rings. The first-order valence-electron chi connectivity index (χ1n) is 6.19. The van der Waals surface area contributed by atoms with Crippen LogP contribution in [0.2, 0.25) is 0 Å².